The molecule has 0 saturated heterocycles. The van der Waals surface area contributed by atoms with Gasteiger partial charge < -0.3 is 9.29 Å². The molecule has 16 heavy (non-hydrogen) atoms. The summed E-state index contributed by atoms with van der Waals surface area (Å²) in [6, 6.07) is 5.78. The maximum atomic E-state index is 10.5. The highest BCUT2D eigenvalue weighted by Gasteiger charge is 2.09. The van der Waals surface area contributed by atoms with Crippen LogP contribution in [0.3, 0.4) is 0 Å². The minimum atomic E-state index is -4.62. The van der Waals surface area contributed by atoms with Gasteiger partial charge in [0.2, 0.25) is 0 Å². The van der Waals surface area contributed by atoms with Crippen molar-refractivity contribution in [2.45, 2.75) is 0 Å². The maximum Gasteiger partial charge on any atom is 0.446 e. The topological polar surface area (TPSA) is 101 Å². The van der Waals surface area contributed by atoms with Crippen molar-refractivity contribution in [2.24, 2.45) is 0 Å². The van der Waals surface area contributed by atoms with Crippen LogP contribution in [0.1, 0.15) is 5.56 Å². The second-order valence-electron chi connectivity index (χ2n) is 2.72. The highest BCUT2D eigenvalue weighted by Crippen LogP contribution is 2.20. The van der Waals surface area contributed by atoms with Crippen LogP contribution in [-0.2, 0) is 15.2 Å². The van der Waals surface area contributed by atoms with E-state index in [9.17, 15) is 13.2 Å². The van der Waals surface area contributed by atoms with E-state index >= 15 is 0 Å². The molecule has 1 aromatic carbocycles. The lowest BCUT2D eigenvalue weighted by Gasteiger charge is -2.04. The molecule has 7 heteroatoms. The zero-order valence-corrected chi connectivity index (χ0v) is 8.72. The molecule has 86 valence electrons. The van der Waals surface area contributed by atoms with Crippen LogP contribution in [0.4, 0.5) is 0 Å². The summed E-state index contributed by atoms with van der Waals surface area (Å²) in [7, 11) is -4.62. The predicted molar refractivity (Wildman–Crippen MR) is 55.3 cm³/mol. The van der Waals surface area contributed by atoms with Gasteiger partial charge in [0.15, 0.2) is 5.75 Å². The third-order valence-electron chi connectivity index (χ3n) is 1.52. The minimum Gasteiger partial charge on any atom is -0.478 e. The van der Waals surface area contributed by atoms with Crippen molar-refractivity contribution in [3.05, 3.63) is 35.9 Å². The summed E-state index contributed by atoms with van der Waals surface area (Å²) in [5.74, 6) is -1.33. The SMILES string of the molecule is O=C(O)/C=C\c1ccccc1OS(=O)(=O)O. The van der Waals surface area contributed by atoms with E-state index in [1.165, 1.54) is 18.2 Å². The van der Waals surface area contributed by atoms with Crippen molar-refractivity contribution >= 4 is 22.4 Å². The number of hydrogen-bond donors (Lipinski definition) is 2. The smallest absolute Gasteiger partial charge is 0.446 e. The molecule has 0 aliphatic carbocycles. The van der Waals surface area contributed by atoms with Crippen LogP contribution in [0.5, 0.6) is 5.75 Å². The summed E-state index contributed by atoms with van der Waals surface area (Å²) >= 11 is 0. The molecule has 0 aliphatic heterocycles. The molecule has 0 amide bonds. The van der Waals surface area contributed by atoms with Crippen LogP contribution in [0.15, 0.2) is 30.3 Å². The van der Waals surface area contributed by atoms with Gasteiger partial charge in [-0.3, -0.25) is 4.55 Å². The van der Waals surface area contributed by atoms with Gasteiger partial charge in [0.25, 0.3) is 0 Å². The van der Waals surface area contributed by atoms with Crippen LogP contribution in [0.25, 0.3) is 6.08 Å². The molecule has 0 aliphatic rings. The average molecular weight is 244 g/mol. The fourth-order valence-corrected chi connectivity index (χ4v) is 1.35. The first-order valence-corrected chi connectivity index (χ1v) is 5.42. The van der Waals surface area contributed by atoms with Gasteiger partial charge in [-0.25, -0.2) is 4.79 Å². The number of para-hydroxylation sites is 1. The van der Waals surface area contributed by atoms with Crippen LogP contribution in [0, 0.1) is 0 Å². The van der Waals surface area contributed by atoms with Crippen molar-refractivity contribution in [3.8, 4) is 5.75 Å². The molecule has 0 bridgehead atoms. The molecular weight excluding hydrogens is 236 g/mol. The largest absolute Gasteiger partial charge is 0.478 e. The number of aliphatic carboxylic acids is 1. The number of benzene rings is 1. The van der Waals surface area contributed by atoms with E-state index in [0.29, 0.717) is 0 Å². The van der Waals surface area contributed by atoms with E-state index in [1.54, 1.807) is 6.07 Å². The van der Waals surface area contributed by atoms with Gasteiger partial charge in [0, 0.05) is 11.6 Å². The van der Waals surface area contributed by atoms with Gasteiger partial charge in [-0.2, -0.15) is 8.42 Å². The highest BCUT2D eigenvalue weighted by molar-refractivity contribution is 7.81. The Morgan fingerprint density at radius 2 is 1.94 bits per heavy atom. The van der Waals surface area contributed by atoms with E-state index in [0.717, 1.165) is 12.2 Å². The molecule has 0 unspecified atom stereocenters. The maximum absolute atomic E-state index is 10.5. The van der Waals surface area contributed by atoms with Crippen molar-refractivity contribution in [1.82, 2.24) is 0 Å². The molecule has 0 spiro atoms. The van der Waals surface area contributed by atoms with Crippen LogP contribution in [0.2, 0.25) is 0 Å². The number of rotatable bonds is 4. The molecular formula is C9H8O6S. The van der Waals surface area contributed by atoms with Gasteiger partial charge >= 0.3 is 16.4 Å². The summed E-state index contributed by atoms with van der Waals surface area (Å²) in [6.45, 7) is 0. The molecule has 1 aromatic rings. The zero-order chi connectivity index (χ0) is 12.2. The zero-order valence-electron chi connectivity index (χ0n) is 7.90. The first-order valence-electron chi connectivity index (χ1n) is 4.05. The van der Waals surface area contributed by atoms with Gasteiger partial charge in [0.05, 0.1) is 0 Å². The van der Waals surface area contributed by atoms with Crippen molar-refractivity contribution in [3.63, 3.8) is 0 Å². The van der Waals surface area contributed by atoms with E-state index in [4.69, 9.17) is 9.66 Å². The second-order valence-corrected chi connectivity index (χ2v) is 3.74. The number of carboxylic acids is 1. The molecule has 0 fully saturated rings. The molecule has 1 rings (SSSR count). The fraction of sp³-hybridized carbons (Fsp3) is 0. The quantitative estimate of drug-likeness (QED) is 0.604. The number of hydrogen-bond acceptors (Lipinski definition) is 4. The third kappa shape index (κ3) is 4.11. The summed E-state index contributed by atoms with van der Waals surface area (Å²) in [6.07, 6.45) is 1.98. The van der Waals surface area contributed by atoms with Crippen molar-refractivity contribution in [1.29, 1.82) is 0 Å². The second kappa shape index (κ2) is 4.77. The Labute approximate surface area is 91.7 Å². The van der Waals surface area contributed by atoms with Crippen LogP contribution < -0.4 is 4.18 Å². The summed E-state index contributed by atoms with van der Waals surface area (Å²) < 4.78 is 33.7. The van der Waals surface area contributed by atoms with Crippen LogP contribution in [-0.4, -0.2) is 24.0 Å². The van der Waals surface area contributed by atoms with E-state index in [1.807, 2.05) is 0 Å². The molecule has 0 atom stereocenters. The lowest BCUT2D eigenvalue weighted by Crippen LogP contribution is -2.07. The molecule has 6 nitrogen and oxygen atoms in total. The molecule has 0 heterocycles. The monoisotopic (exact) mass is 244 g/mol. The average Bonchev–Trinajstić information content (AvgIpc) is 2.14. The molecule has 2 N–H and O–H groups in total. The Morgan fingerprint density at radius 3 is 2.50 bits per heavy atom. The van der Waals surface area contributed by atoms with Crippen molar-refractivity contribution in [2.75, 3.05) is 0 Å². The summed E-state index contributed by atoms with van der Waals surface area (Å²) in [5, 5.41) is 8.40. The first kappa shape index (κ1) is 12.2. The standard InChI is InChI=1S/C9H8O6S/c10-9(11)6-5-7-3-1-2-4-8(7)15-16(12,13)14/h1-6H,(H,10,11)(H,12,13,14)/b6-5-. The van der Waals surface area contributed by atoms with E-state index in [2.05, 4.69) is 4.18 Å². The first-order chi connectivity index (χ1) is 7.38. The predicted octanol–water partition coefficient (Wildman–Crippen LogP) is 0.966. The number of carbonyl (C=O) groups is 1. The Hall–Kier alpha value is -1.86. The normalized spacial score (nSPS) is 11.6. The molecule has 0 aromatic heterocycles. The van der Waals surface area contributed by atoms with Gasteiger partial charge in [0.1, 0.15) is 0 Å². The van der Waals surface area contributed by atoms with E-state index < -0.39 is 16.4 Å². The summed E-state index contributed by atoms with van der Waals surface area (Å²) in [4.78, 5) is 10.3. The number of carboxylic acid groups (broad SMARTS) is 1. The van der Waals surface area contributed by atoms with Gasteiger partial charge in [-0.05, 0) is 12.1 Å². The third-order valence-corrected chi connectivity index (χ3v) is 1.91. The van der Waals surface area contributed by atoms with Gasteiger partial charge in [-0.15, -0.1) is 0 Å². The Balaban J connectivity index is 3.05. The van der Waals surface area contributed by atoms with E-state index in [-0.39, 0.29) is 11.3 Å². The Bertz CT molecular complexity index is 517. The van der Waals surface area contributed by atoms with Gasteiger partial charge in [-0.1, -0.05) is 18.2 Å². The molecule has 0 radical (unpaired) electrons. The van der Waals surface area contributed by atoms with Crippen molar-refractivity contribution < 1.29 is 27.1 Å². The minimum absolute atomic E-state index is 0.150. The Morgan fingerprint density at radius 1 is 1.31 bits per heavy atom. The molecule has 0 saturated carbocycles. The fourth-order valence-electron chi connectivity index (χ4n) is 0.969. The Kier molecular flexibility index (Phi) is 3.64. The van der Waals surface area contributed by atoms with Crippen LogP contribution >= 0.6 is 0 Å². The lowest BCUT2D eigenvalue weighted by molar-refractivity contribution is -0.131. The highest BCUT2D eigenvalue weighted by atomic mass is 32.3. The summed E-state index contributed by atoms with van der Waals surface area (Å²) in [5.41, 5.74) is 0.225. The lowest BCUT2D eigenvalue weighted by atomic mass is 10.2.